The summed E-state index contributed by atoms with van der Waals surface area (Å²) in [6.45, 7) is 0. The fourth-order valence-corrected chi connectivity index (χ4v) is 1.13. The number of benzene rings is 1. The Hall–Kier alpha value is -1.84. The monoisotopic (exact) mass is 180 g/mol. The molecule has 1 aromatic heterocycles. The van der Waals surface area contributed by atoms with Crippen molar-refractivity contribution in [2.24, 2.45) is 0 Å². The number of phenols is 1. The van der Waals surface area contributed by atoms with Crippen molar-refractivity contribution < 1.29 is 13.9 Å². The van der Waals surface area contributed by atoms with E-state index in [1.165, 1.54) is 18.2 Å². The summed E-state index contributed by atoms with van der Waals surface area (Å²) in [6, 6.07) is 4.96. The van der Waals surface area contributed by atoms with E-state index in [9.17, 15) is 14.3 Å². The minimum Gasteiger partial charge on any atom is -0.504 e. The van der Waals surface area contributed by atoms with Gasteiger partial charge in [0.15, 0.2) is 11.3 Å². The number of para-hydroxylation sites is 1. The highest BCUT2D eigenvalue weighted by Crippen LogP contribution is 2.24. The van der Waals surface area contributed by atoms with Gasteiger partial charge in [0.2, 0.25) is 0 Å². The van der Waals surface area contributed by atoms with Crippen molar-refractivity contribution in [2.75, 3.05) is 0 Å². The third-order valence-corrected chi connectivity index (χ3v) is 1.70. The van der Waals surface area contributed by atoms with Crippen LogP contribution in [0.25, 0.3) is 11.0 Å². The quantitative estimate of drug-likeness (QED) is 0.627. The van der Waals surface area contributed by atoms with Crippen molar-refractivity contribution in [1.29, 1.82) is 0 Å². The highest BCUT2D eigenvalue weighted by Gasteiger charge is 2.07. The van der Waals surface area contributed by atoms with Gasteiger partial charge >= 0.3 is 5.63 Å². The molecule has 13 heavy (non-hydrogen) atoms. The van der Waals surface area contributed by atoms with Crippen LogP contribution in [0.3, 0.4) is 0 Å². The first-order valence-electron chi connectivity index (χ1n) is 3.60. The van der Waals surface area contributed by atoms with Crippen LogP contribution in [0.5, 0.6) is 5.75 Å². The molecular weight excluding hydrogens is 175 g/mol. The maximum atomic E-state index is 13.1. The molecule has 2 rings (SSSR count). The van der Waals surface area contributed by atoms with E-state index in [0.717, 1.165) is 6.07 Å². The lowest BCUT2D eigenvalue weighted by molar-refractivity contribution is 0.454. The summed E-state index contributed by atoms with van der Waals surface area (Å²) < 4.78 is 17.7. The van der Waals surface area contributed by atoms with E-state index in [2.05, 4.69) is 4.42 Å². The largest absolute Gasteiger partial charge is 0.504 e. The third kappa shape index (κ3) is 1.16. The second-order valence-corrected chi connectivity index (χ2v) is 2.57. The minimum atomic E-state index is -0.813. The molecule has 0 aliphatic rings. The second-order valence-electron chi connectivity index (χ2n) is 2.57. The molecule has 0 atom stereocenters. The number of phenolic OH excluding ortho intramolecular Hbond substituents is 1. The first kappa shape index (κ1) is 7.79. The highest BCUT2D eigenvalue weighted by molar-refractivity contribution is 5.82. The Kier molecular flexibility index (Phi) is 1.55. The molecule has 0 bridgehead atoms. The Balaban J connectivity index is 3.03. The van der Waals surface area contributed by atoms with Crippen molar-refractivity contribution >= 4 is 11.0 Å². The van der Waals surface area contributed by atoms with Gasteiger partial charge in [-0.1, -0.05) is 6.07 Å². The molecule has 0 saturated carbocycles. The number of fused-ring (bicyclic) bond motifs is 1. The standard InChI is InChI=1S/C9H5FO3/c10-6-4-8(12)13-9-5(6)2-1-3-7(9)11/h1-4,11H. The zero-order valence-corrected chi connectivity index (χ0v) is 6.45. The Labute approximate surface area is 72.0 Å². The molecule has 0 fully saturated rings. The average Bonchev–Trinajstić information content (AvgIpc) is 2.07. The first-order chi connectivity index (χ1) is 6.18. The summed E-state index contributed by atoms with van der Waals surface area (Å²) in [5.74, 6) is -0.934. The molecule has 0 aliphatic carbocycles. The van der Waals surface area contributed by atoms with Crippen LogP contribution in [-0.4, -0.2) is 5.11 Å². The van der Waals surface area contributed by atoms with E-state index in [1.807, 2.05) is 0 Å². The minimum absolute atomic E-state index is 0.0969. The second kappa shape index (κ2) is 2.58. The van der Waals surface area contributed by atoms with Gasteiger partial charge in [0, 0.05) is 0 Å². The molecule has 0 spiro atoms. The van der Waals surface area contributed by atoms with E-state index in [0.29, 0.717) is 0 Å². The number of aromatic hydroxyl groups is 1. The van der Waals surface area contributed by atoms with Crippen LogP contribution in [0.1, 0.15) is 0 Å². The van der Waals surface area contributed by atoms with Crippen molar-refractivity contribution in [1.82, 2.24) is 0 Å². The molecule has 0 saturated heterocycles. The lowest BCUT2D eigenvalue weighted by Crippen LogP contribution is -1.98. The summed E-state index contributed by atoms with van der Waals surface area (Å²) in [4.78, 5) is 10.7. The van der Waals surface area contributed by atoms with E-state index in [-0.39, 0.29) is 16.7 Å². The SMILES string of the molecule is O=c1cc(F)c2cccc(O)c2o1. The fraction of sp³-hybridized carbons (Fsp3) is 0. The summed E-state index contributed by atoms with van der Waals surface area (Å²) in [6.07, 6.45) is 0. The van der Waals surface area contributed by atoms with Crippen LogP contribution in [0, 0.1) is 5.82 Å². The summed E-state index contributed by atoms with van der Waals surface area (Å²) in [7, 11) is 0. The van der Waals surface area contributed by atoms with Crippen molar-refractivity contribution in [2.45, 2.75) is 0 Å². The maximum absolute atomic E-state index is 13.1. The molecule has 1 N–H and O–H groups in total. The topological polar surface area (TPSA) is 50.4 Å². The van der Waals surface area contributed by atoms with Crippen LogP contribution >= 0.6 is 0 Å². The van der Waals surface area contributed by atoms with Crippen LogP contribution in [0.4, 0.5) is 4.39 Å². The summed E-state index contributed by atoms with van der Waals surface area (Å²) >= 11 is 0. The molecule has 3 nitrogen and oxygen atoms in total. The lowest BCUT2D eigenvalue weighted by Gasteiger charge is -1.98. The van der Waals surface area contributed by atoms with Crippen LogP contribution in [0.15, 0.2) is 33.5 Å². The van der Waals surface area contributed by atoms with Crippen LogP contribution in [-0.2, 0) is 0 Å². The van der Waals surface area contributed by atoms with Crippen molar-refractivity contribution in [3.8, 4) is 5.75 Å². The van der Waals surface area contributed by atoms with E-state index >= 15 is 0 Å². The predicted octanol–water partition coefficient (Wildman–Crippen LogP) is 1.64. The Morgan fingerprint density at radius 3 is 2.92 bits per heavy atom. The van der Waals surface area contributed by atoms with Crippen LogP contribution < -0.4 is 5.63 Å². The zero-order chi connectivity index (χ0) is 9.42. The Morgan fingerprint density at radius 2 is 2.15 bits per heavy atom. The van der Waals surface area contributed by atoms with Crippen molar-refractivity contribution in [3.05, 3.63) is 40.5 Å². The van der Waals surface area contributed by atoms with Crippen LogP contribution in [0.2, 0.25) is 0 Å². The van der Waals surface area contributed by atoms with E-state index in [4.69, 9.17) is 0 Å². The van der Waals surface area contributed by atoms with Gasteiger partial charge < -0.3 is 9.52 Å². The molecule has 2 aromatic rings. The van der Waals surface area contributed by atoms with E-state index in [1.54, 1.807) is 0 Å². The number of hydrogen-bond acceptors (Lipinski definition) is 3. The number of halogens is 1. The number of rotatable bonds is 0. The van der Waals surface area contributed by atoms with Gasteiger partial charge in [-0.15, -0.1) is 0 Å². The summed E-state index contributed by atoms with van der Waals surface area (Å²) in [5.41, 5.74) is -0.931. The van der Waals surface area contributed by atoms with Gasteiger partial charge in [0.05, 0.1) is 11.5 Å². The van der Waals surface area contributed by atoms with Gasteiger partial charge in [0.25, 0.3) is 0 Å². The number of hydrogen-bond donors (Lipinski definition) is 1. The smallest absolute Gasteiger partial charge is 0.339 e. The molecule has 0 unspecified atom stereocenters. The molecule has 1 heterocycles. The van der Waals surface area contributed by atoms with Gasteiger partial charge in [-0.3, -0.25) is 0 Å². The fourth-order valence-electron chi connectivity index (χ4n) is 1.13. The van der Waals surface area contributed by atoms with E-state index < -0.39 is 11.4 Å². The molecule has 0 radical (unpaired) electrons. The molecule has 4 heteroatoms. The first-order valence-corrected chi connectivity index (χ1v) is 3.60. The van der Waals surface area contributed by atoms with Gasteiger partial charge in [-0.2, -0.15) is 0 Å². The summed E-state index contributed by atoms with van der Waals surface area (Å²) in [5, 5.41) is 9.32. The highest BCUT2D eigenvalue weighted by atomic mass is 19.1. The Bertz CT molecular complexity index is 516. The zero-order valence-electron chi connectivity index (χ0n) is 6.45. The maximum Gasteiger partial charge on any atom is 0.339 e. The van der Waals surface area contributed by atoms with Crippen molar-refractivity contribution in [3.63, 3.8) is 0 Å². The average molecular weight is 180 g/mol. The van der Waals surface area contributed by atoms with Gasteiger partial charge in [-0.05, 0) is 12.1 Å². The molecular formula is C9H5FO3. The molecule has 1 aromatic carbocycles. The lowest BCUT2D eigenvalue weighted by atomic mass is 10.2. The normalized spacial score (nSPS) is 10.5. The van der Waals surface area contributed by atoms with Gasteiger partial charge in [-0.25, -0.2) is 9.18 Å². The predicted molar refractivity (Wildman–Crippen MR) is 44.1 cm³/mol. The Morgan fingerprint density at radius 1 is 1.38 bits per heavy atom. The molecule has 66 valence electrons. The van der Waals surface area contributed by atoms with Gasteiger partial charge in [0.1, 0.15) is 5.82 Å². The molecule has 0 amide bonds. The molecule has 0 aliphatic heterocycles. The third-order valence-electron chi connectivity index (χ3n) is 1.70.